The first kappa shape index (κ1) is 13.4. The minimum absolute atomic E-state index is 0.000466. The van der Waals surface area contributed by atoms with E-state index in [1.54, 1.807) is 0 Å². The SMILES string of the molecule is CC1CCN(CC(=O)N[C@](C)(C#N)C2CC2)CC1. The van der Waals surface area contributed by atoms with Gasteiger partial charge in [0.25, 0.3) is 0 Å². The average molecular weight is 249 g/mol. The van der Waals surface area contributed by atoms with E-state index >= 15 is 0 Å². The van der Waals surface area contributed by atoms with E-state index < -0.39 is 5.54 Å². The molecule has 1 saturated carbocycles. The zero-order chi connectivity index (χ0) is 13.2. The van der Waals surface area contributed by atoms with Gasteiger partial charge in [-0.1, -0.05) is 6.92 Å². The van der Waals surface area contributed by atoms with Crippen LogP contribution in [0, 0.1) is 23.2 Å². The van der Waals surface area contributed by atoms with Crippen molar-refractivity contribution >= 4 is 5.91 Å². The van der Waals surface area contributed by atoms with Crippen LogP contribution in [0.1, 0.15) is 39.5 Å². The van der Waals surface area contributed by atoms with Crippen LogP contribution in [-0.4, -0.2) is 36.0 Å². The lowest BCUT2D eigenvalue weighted by Crippen LogP contribution is -2.51. The number of rotatable bonds is 4. The lowest BCUT2D eigenvalue weighted by molar-refractivity contribution is -0.124. The maximum absolute atomic E-state index is 12.0. The first-order chi connectivity index (χ1) is 8.53. The second-order valence-electron chi connectivity index (χ2n) is 6.10. The van der Waals surface area contributed by atoms with Crippen molar-refractivity contribution in [2.45, 2.75) is 45.1 Å². The highest BCUT2D eigenvalue weighted by molar-refractivity contribution is 5.79. The first-order valence-corrected chi connectivity index (χ1v) is 6.98. The van der Waals surface area contributed by atoms with Gasteiger partial charge in [-0.2, -0.15) is 5.26 Å². The van der Waals surface area contributed by atoms with Gasteiger partial charge in [-0.15, -0.1) is 0 Å². The molecule has 0 aromatic heterocycles. The van der Waals surface area contributed by atoms with Gasteiger partial charge in [-0.05, 0) is 57.5 Å². The van der Waals surface area contributed by atoms with Crippen molar-refractivity contribution in [3.8, 4) is 6.07 Å². The Morgan fingerprint density at radius 3 is 2.50 bits per heavy atom. The molecule has 18 heavy (non-hydrogen) atoms. The summed E-state index contributed by atoms with van der Waals surface area (Å²) in [6.45, 7) is 6.55. The summed E-state index contributed by atoms with van der Waals surface area (Å²) in [5, 5.41) is 12.1. The summed E-state index contributed by atoms with van der Waals surface area (Å²) in [6, 6.07) is 2.27. The standard InChI is InChI=1S/C14H23N3O/c1-11-5-7-17(8-6-11)9-13(18)16-14(2,10-15)12-3-4-12/h11-12H,3-9H2,1-2H3,(H,16,18)/t14-/m1/s1. The number of piperidine rings is 1. The fourth-order valence-electron chi connectivity index (χ4n) is 2.63. The molecule has 1 saturated heterocycles. The van der Waals surface area contributed by atoms with Crippen molar-refractivity contribution in [1.82, 2.24) is 10.2 Å². The highest BCUT2D eigenvalue weighted by atomic mass is 16.2. The summed E-state index contributed by atoms with van der Waals surface area (Å²) in [5.41, 5.74) is -0.653. The maximum Gasteiger partial charge on any atom is 0.235 e. The van der Waals surface area contributed by atoms with Crippen molar-refractivity contribution in [1.29, 1.82) is 5.26 Å². The van der Waals surface area contributed by atoms with E-state index in [2.05, 4.69) is 23.2 Å². The number of hydrogen-bond acceptors (Lipinski definition) is 3. The highest BCUT2D eigenvalue weighted by Crippen LogP contribution is 2.39. The Kier molecular flexibility index (Phi) is 3.91. The van der Waals surface area contributed by atoms with Crippen LogP contribution in [0.4, 0.5) is 0 Å². The Hall–Kier alpha value is -1.08. The predicted molar refractivity (Wildman–Crippen MR) is 69.7 cm³/mol. The van der Waals surface area contributed by atoms with E-state index in [4.69, 9.17) is 0 Å². The molecule has 1 amide bonds. The topological polar surface area (TPSA) is 56.1 Å². The fourth-order valence-corrected chi connectivity index (χ4v) is 2.63. The maximum atomic E-state index is 12.0. The van der Waals surface area contributed by atoms with Crippen molar-refractivity contribution < 1.29 is 4.79 Å². The molecule has 2 fully saturated rings. The Bertz CT molecular complexity index is 351. The van der Waals surface area contributed by atoms with E-state index in [1.807, 2.05) is 6.92 Å². The Morgan fingerprint density at radius 2 is 2.00 bits per heavy atom. The second kappa shape index (κ2) is 5.27. The number of nitriles is 1. The molecule has 0 radical (unpaired) electrons. The molecule has 1 aliphatic heterocycles. The minimum atomic E-state index is -0.653. The molecule has 1 atom stereocenters. The van der Waals surface area contributed by atoms with Crippen molar-refractivity contribution in [3.63, 3.8) is 0 Å². The normalized spacial score (nSPS) is 25.2. The van der Waals surface area contributed by atoms with E-state index in [0.717, 1.165) is 31.8 Å². The Labute approximate surface area is 109 Å². The molecular formula is C14H23N3O. The van der Waals surface area contributed by atoms with Gasteiger partial charge in [0.1, 0.15) is 5.54 Å². The van der Waals surface area contributed by atoms with Crippen LogP contribution in [0.2, 0.25) is 0 Å². The van der Waals surface area contributed by atoms with Crippen LogP contribution in [0.15, 0.2) is 0 Å². The molecule has 0 unspecified atom stereocenters. The largest absolute Gasteiger partial charge is 0.337 e. The molecule has 0 spiro atoms. The number of carbonyl (C=O) groups excluding carboxylic acids is 1. The van der Waals surface area contributed by atoms with E-state index in [0.29, 0.717) is 12.5 Å². The molecule has 4 nitrogen and oxygen atoms in total. The van der Waals surface area contributed by atoms with Gasteiger partial charge < -0.3 is 5.32 Å². The molecule has 4 heteroatoms. The van der Waals surface area contributed by atoms with Gasteiger partial charge in [-0.3, -0.25) is 9.69 Å². The van der Waals surface area contributed by atoms with E-state index in [9.17, 15) is 10.1 Å². The number of likely N-dealkylation sites (tertiary alicyclic amines) is 1. The van der Waals surface area contributed by atoms with Gasteiger partial charge in [0, 0.05) is 0 Å². The Balaban J connectivity index is 1.80. The zero-order valence-electron chi connectivity index (χ0n) is 11.4. The third-order valence-corrected chi connectivity index (χ3v) is 4.27. The molecule has 0 aromatic rings. The summed E-state index contributed by atoms with van der Waals surface area (Å²) < 4.78 is 0. The lowest BCUT2D eigenvalue weighted by Gasteiger charge is -2.31. The fraction of sp³-hybridized carbons (Fsp3) is 0.857. The minimum Gasteiger partial charge on any atom is -0.337 e. The summed E-state index contributed by atoms with van der Waals surface area (Å²) in [4.78, 5) is 14.2. The molecule has 0 bridgehead atoms. The third kappa shape index (κ3) is 3.23. The number of nitrogens with one attached hydrogen (secondary N) is 1. The van der Waals surface area contributed by atoms with Gasteiger partial charge in [-0.25, -0.2) is 0 Å². The molecule has 1 N–H and O–H groups in total. The van der Waals surface area contributed by atoms with Gasteiger partial charge in [0.2, 0.25) is 5.91 Å². The Morgan fingerprint density at radius 1 is 1.39 bits per heavy atom. The van der Waals surface area contributed by atoms with Crippen molar-refractivity contribution in [3.05, 3.63) is 0 Å². The van der Waals surface area contributed by atoms with Gasteiger partial charge in [0.05, 0.1) is 12.6 Å². The summed E-state index contributed by atoms with van der Waals surface area (Å²) in [6.07, 6.45) is 4.47. The molecule has 1 heterocycles. The highest BCUT2D eigenvalue weighted by Gasteiger charge is 2.43. The third-order valence-electron chi connectivity index (χ3n) is 4.27. The van der Waals surface area contributed by atoms with E-state index in [1.165, 1.54) is 12.8 Å². The quantitative estimate of drug-likeness (QED) is 0.822. The monoisotopic (exact) mass is 249 g/mol. The molecule has 2 rings (SSSR count). The zero-order valence-corrected chi connectivity index (χ0v) is 11.4. The smallest absolute Gasteiger partial charge is 0.235 e. The van der Waals surface area contributed by atoms with E-state index in [-0.39, 0.29) is 5.91 Å². The number of amides is 1. The molecule has 1 aliphatic carbocycles. The molecular weight excluding hydrogens is 226 g/mol. The van der Waals surface area contributed by atoms with Crippen LogP contribution >= 0.6 is 0 Å². The number of hydrogen-bond donors (Lipinski definition) is 1. The number of nitrogens with zero attached hydrogens (tertiary/aromatic N) is 2. The summed E-state index contributed by atoms with van der Waals surface area (Å²) in [5.74, 6) is 1.13. The van der Waals surface area contributed by atoms with Crippen LogP contribution in [0.25, 0.3) is 0 Å². The summed E-state index contributed by atoms with van der Waals surface area (Å²) >= 11 is 0. The first-order valence-electron chi connectivity index (χ1n) is 6.98. The van der Waals surface area contributed by atoms with Gasteiger partial charge >= 0.3 is 0 Å². The molecule has 0 aromatic carbocycles. The number of carbonyl (C=O) groups is 1. The van der Waals surface area contributed by atoms with Crippen LogP contribution in [0.5, 0.6) is 0 Å². The second-order valence-corrected chi connectivity index (χ2v) is 6.10. The average Bonchev–Trinajstić information content (AvgIpc) is 3.16. The van der Waals surface area contributed by atoms with Gasteiger partial charge in [0.15, 0.2) is 0 Å². The summed E-state index contributed by atoms with van der Waals surface area (Å²) in [7, 11) is 0. The van der Waals surface area contributed by atoms with Crippen molar-refractivity contribution in [2.75, 3.05) is 19.6 Å². The van der Waals surface area contributed by atoms with Crippen LogP contribution < -0.4 is 5.32 Å². The molecule has 2 aliphatic rings. The molecule has 100 valence electrons. The van der Waals surface area contributed by atoms with Crippen molar-refractivity contribution in [2.24, 2.45) is 11.8 Å². The van der Waals surface area contributed by atoms with Crippen LogP contribution in [0.3, 0.4) is 0 Å². The van der Waals surface area contributed by atoms with Crippen LogP contribution in [-0.2, 0) is 4.79 Å². The lowest BCUT2D eigenvalue weighted by atomic mass is 9.97. The predicted octanol–water partition coefficient (Wildman–Crippen LogP) is 1.53.